The minimum Gasteiger partial charge on any atom is -0.455 e. The highest BCUT2D eigenvalue weighted by Gasteiger charge is 2.18. The van der Waals surface area contributed by atoms with E-state index in [2.05, 4.69) is 193 Å². The summed E-state index contributed by atoms with van der Waals surface area (Å²) < 4.78 is 9.13. The number of fused-ring (bicyclic) bond motifs is 9. The first-order chi connectivity index (χ1) is 26.2. The van der Waals surface area contributed by atoms with Crippen molar-refractivity contribution in [1.82, 2.24) is 0 Å². The van der Waals surface area contributed by atoms with E-state index in [1.807, 2.05) is 11.3 Å². The SMILES string of the molecule is c1cc(-c2ccc3ccccc3c2)cc(N(c2ccc(-c3cccc4oc5c6ccccc6ccc5c34)cc2)c2ccc3sc4ccccc4c3c2)c1. The fourth-order valence-electron chi connectivity index (χ4n) is 8.08. The van der Waals surface area contributed by atoms with Crippen molar-refractivity contribution < 1.29 is 4.42 Å². The Morgan fingerprint density at radius 3 is 1.96 bits per heavy atom. The number of anilines is 3. The Morgan fingerprint density at radius 2 is 1.06 bits per heavy atom. The zero-order valence-electron chi connectivity index (χ0n) is 28.7. The van der Waals surface area contributed by atoms with Crippen LogP contribution < -0.4 is 4.90 Å². The molecule has 0 aliphatic rings. The number of thiophene rings is 1. The number of hydrogen-bond donors (Lipinski definition) is 0. The molecule has 0 amide bonds. The van der Waals surface area contributed by atoms with Crippen molar-refractivity contribution in [3.05, 3.63) is 188 Å². The molecule has 11 aromatic rings. The molecule has 0 bridgehead atoms. The summed E-state index contributed by atoms with van der Waals surface area (Å²) in [7, 11) is 0. The van der Waals surface area contributed by atoms with Gasteiger partial charge in [-0.05, 0) is 105 Å². The van der Waals surface area contributed by atoms with Crippen LogP contribution in [0.1, 0.15) is 0 Å². The third-order valence-electron chi connectivity index (χ3n) is 10.6. The van der Waals surface area contributed by atoms with E-state index in [0.29, 0.717) is 0 Å². The first-order valence-corrected chi connectivity index (χ1v) is 18.8. The second-order valence-electron chi connectivity index (χ2n) is 13.7. The second kappa shape index (κ2) is 11.9. The lowest BCUT2D eigenvalue weighted by Gasteiger charge is -2.26. The molecule has 2 aromatic heterocycles. The number of rotatable bonds is 5. The third-order valence-corrected chi connectivity index (χ3v) is 11.8. The minimum absolute atomic E-state index is 0.904. The Bertz CT molecular complexity index is 3190. The van der Waals surface area contributed by atoms with Crippen molar-refractivity contribution >= 4 is 92.1 Å². The van der Waals surface area contributed by atoms with Gasteiger partial charge in [-0.15, -0.1) is 11.3 Å². The molecule has 0 atom stereocenters. The van der Waals surface area contributed by atoms with Crippen LogP contribution >= 0.6 is 11.3 Å². The fourth-order valence-corrected chi connectivity index (χ4v) is 9.16. The molecular weight excluding hydrogens is 663 g/mol. The average molecular weight is 694 g/mol. The monoisotopic (exact) mass is 693 g/mol. The van der Waals surface area contributed by atoms with Gasteiger partial charge in [0, 0.05) is 53.4 Å². The number of hydrogen-bond acceptors (Lipinski definition) is 3. The minimum atomic E-state index is 0.904. The Labute approximate surface area is 310 Å². The maximum atomic E-state index is 6.53. The van der Waals surface area contributed by atoms with Gasteiger partial charge in [-0.3, -0.25) is 0 Å². The van der Waals surface area contributed by atoms with Gasteiger partial charge in [-0.2, -0.15) is 0 Å². The Hall–Kier alpha value is -6.68. The average Bonchev–Trinajstić information content (AvgIpc) is 3.80. The lowest BCUT2D eigenvalue weighted by molar-refractivity contribution is 0.673. The van der Waals surface area contributed by atoms with Gasteiger partial charge in [0.15, 0.2) is 0 Å². The molecule has 0 aliphatic carbocycles. The van der Waals surface area contributed by atoms with Crippen molar-refractivity contribution in [3.63, 3.8) is 0 Å². The molecule has 0 N–H and O–H groups in total. The van der Waals surface area contributed by atoms with Crippen LogP contribution in [0.3, 0.4) is 0 Å². The molecule has 3 heteroatoms. The summed E-state index contributed by atoms with van der Waals surface area (Å²) in [5.41, 5.74) is 9.88. The van der Waals surface area contributed by atoms with Crippen LogP contribution in [-0.4, -0.2) is 0 Å². The van der Waals surface area contributed by atoms with Crippen LogP contribution in [0.5, 0.6) is 0 Å². The molecule has 0 unspecified atom stereocenters. The molecule has 2 nitrogen and oxygen atoms in total. The Morgan fingerprint density at radius 1 is 0.377 bits per heavy atom. The van der Waals surface area contributed by atoms with Gasteiger partial charge in [-0.1, -0.05) is 121 Å². The summed E-state index contributed by atoms with van der Waals surface area (Å²) in [5.74, 6) is 0. The van der Waals surface area contributed by atoms with Gasteiger partial charge < -0.3 is 9.32 Å². The van der Waals surface area contributed by atoms with Crippen molar-refractivity contribution in [2.75, 3.05) is 4.90 Å². The van der Waals surface area contributed by atoms with Crippen molar-refractivity contribution in [1.29, 1.82) is 0 Å². The van der Waals surface area contributed by atoms with E-state index in [1.165, 1.54) is 53.0 Å². The molecule has 9 aromatic carbocycles. The maximum Gasteiger partial charge on any atom is 0.143 e. The zero-order chi connectivity index (χ0) is 34.9. The largest absolute Gasteiger partial charge is 0.455 e. The fraction of sp³-hybridized carbons (Fsp3) is 0. The molecule has 0 aliphatic heterocycles. The maximum absolute atomic E-state index is 6.53. The van der Waals surface area contributed by atoms with Crippen LogP contribution in [-0.2, 0) is 0 Å². The Balaban J connectivity index is 1.06. The smallest absolute Gasteiger partial charge is 0.143 e. The first kappa shape index (κ1) is 30.0. The van der Waals surface area contributed by atoms with Crippen LogP contribution in [0, 0.1) is 0 Å². The van der Waals surface area contributed by atoms with Crippen LogP contribution in [0.2, 0.25) is 0 Å². The number of nitrogens with zero attached hydrogens (tertiary/aromatic N) is 1. The number of furan rings is 1. The van der Waals surface area contributed by atoms with Crippen molar-refractivity contribution in [3.8, 4) is 22.3 Å². The predicted octanol–water partition coefficient (Wildman–Crippen LogP) is 15.1. The van der Waals surface area contributed by atoms with Gasteiger partial charge in [0.1, 0.15) is 11.2 Å². The highest BCUT2D eigenvalue weighted by atomic mass is 32.1. The van der Waals surface area contributed by atoms with Gasteiger partial charge in [-0.25, -0.2) is 0 Å². The summed E-state index contributed by atoms with van der Waals surface area (Å²) in [6.45, 7) is 0. The van der Waals surface area contributed by atoms with E-state index in [9.17, 15) is 0 Å². The van der Waals surface area contributed by atoms with Gasteiger partial charge in [0.25, 0.3) is 0 Å². The van der Waals surface area contributed by atoms with E-state index in [1.54, 1.807) is 0 Å². The van der Waals surface area contributed by atoms with E-state index in [-0.39, 0.29) is 0 Å². The normalized spacial score (nSPS) is 11.8. The molecule has 0 saturated heterocycles. The van der Waals surface area contributed by atoms with Crippen LogP contribution in [0.25, 0.3) is 85.9 Å². The first-order valence-electron chi connectivity index (χ1n) is 18.0. The Kier molecular flexibility index (Phi) is 6.76. The van der Waals surface area contributed by atoms with Gasteiger partial charge in [0.05, 0.1) is 0 Å². The molecule has 248 valence electrons. The van der Waals surface area contributed by atoms with E-state index in [0.717, 1.165) is 50.0 Å². The third kappa shape index (κ3) is 4.93. The molecular formula is C50H31NOS. The summed E-state index contributed by atoms with van der Waals surface area (Å²) in [6, 6.07) is 68.1. The molecule has 0 radical (unpaired) electrons. The summed E-state index contributed by atoms with van der Waals surface area (Å²) >= 11 is 1.85. The zero-order valence-corrected chi connectivity index (χ0v) is 29.5. The lowest BCUT2D eigenvalue weighted by atomic mass is 9.97. The van der Waals surface area contributed by atoms with E-state index < -0.39 is 0 Å². The summed E-state index contributed by atoms with van der Waals surface area (Å²) in [6.07, 6.45) is 0. The molecule has 0 saturated carbocycles. The van der Waals surface area contributed by atoms with Crippen molar-refractivity contribution in [2.24, 2.45) is 0 Å². The van der Waals surface area contributed by atoms with Crippen molar-refractivity contribution in [2.45, 2.75) is 0 Å². The molecule has 11 rings (SSSR count). The highest BCUT2D eigenvalue weighted by Crippen LogP contribution is 2.43. The summed E-state index contributed by atoms with van der Waals surface area (Å²) in [5, 5.41) is 9.67. The van der Waals surface area contributed by atoms with Crippen LogP contribution in [0.4, 0.5) is 17.1 Å². The molecule has 2 heterocycles. The lowest BCUT2D eigenvalue weighted by Crippen LogP contribution is -2.10. The molecule has 0 spiro atoms. The molecule has 0 fully saturated rings. The topological polar surface area (TPSA) is 16.4 Å². The predicted molar refractivity (Wildman–Crippen MR) is 227 cm³/mol. The van der Waals surface area contributed by atoms with E-state index in [4.69, 9.17) is 4.42 Å². The highest BCUT2D eigenvalue weighted by molar-refractivity contribution is 7.25. The summed E-state index contributed by atoms with van der Waals surface area (Å²) in [4.78, 5) is 2.39. The standard InChI is InChI=1S/C50H31NOS/c1-2-11-35-29-37(20-19-32(35)9-1)36-12-7-13-39(30-36)51(40-26-28-48-45(31-40)43-15-5-6-18-47(43)53-48)38-24-21-34(22-25-38)41-16-8-17-46-49(41)44-27-23-33-10-3-4-14-42(33)50(44)52-46/h1-31H. The second-order valence-corrected chi connectivity index (χ2v) is 14.8. The van der Waals surface area contributed by atoms with Gasteiger partial charge in [0.2, 0.25) is 0 Å². The molecule has 53 heavy (non-hydrogen) atoms. The quantitative estimate of drug-likeness (QED) is 0.178. The van der Waals surface area contributed by atoms with E-state index >= 15 is 0 Å². The number of benzene rings is 9. The van der Waals surface area contributed by atoms with Crippen LogP contribution in [0.15, 0.2) is 192 Å². The van der Waals surface area contributed by atoms with Gasteiger partial charge >= 0.3 is 0 Å².